The van der Waals surface area contributed by atoms with Gasteiger partial charge in [-0.15, -0.1) is 0 Å². The number of aliphatic hydroxyl groups excluding tert-OH is 2. The van der Waals surface area contributed by atoms with Crippen LogP contribution in [0.2, 0.25) is 0 Å². The highest BCUT2D eigenvalue weighted by Gasteiger charge is 2.32. The lowest BCUT2D eigenvalue weighted by Gasteiger charge is -2.35. The maximum Gasteiger partial charge on any atom is 0.126 e. The van der Waals surface area contributed by atoms with E-state index in [0.717, 1.165) is 16.7 Å². The third-order valence-corrected chi connectivity index (χ3v) is 7.00. The van der Waals surface area contributed by atoms with Gasteiger partial charge in [-0.25, -0.2) is 8.78 Å². The van der Waals surface area contributed by atoms with Gasteiger partial charge in [0.05, 0.1) is 0 Å². The average molecular weight is 496 g/mol. The van der Waals surface area contributed by atoms with Crippen molar-refractivity contribution < 1.29 is 28.5 Å². The largest absolute Gasteiger partial charge is 0.487 e. The van der Waals surface area contributed by atoms with E-state index in [0.29, 0.717) is 56.8 Å². The van der Waals surface area contributed by atoms with Gasteiger partial charge in [0.15, 0.2) is 0 Å². The zero-order valence-corrected chi connectivity index (χ0v) is 20.0. The lowest BCUT2D eigenvalue weighted by atomic mass is 9.97. The zero-order valence-electron chi connectivity index (χ0n) is 20.0. The number of halogens is 2. The SMILES string of the molecule is O[C@H](CN(Cc1ccccc1)C[C@@H](O)[C@H]1CCc2cc(F)ccc2O1)C1CCc2cc(F)ccc2O1. The molecular weight excluding hydrogens is 464 g/mol. The fraction of sp³-hybridized carbons (Fsp3) is 0.379. The van der Waals surface area contributed by atoms with Crippen LogP contribution >= 0.6 is 0 Å². The summed E-state index contributed by atoms with van der Waals surface area (Å²) in [6.07, 6.45) is -0.0167. The first-order valence-corrected chi connectivity index (χ1v) is 12.5. The minimum absolute atomic E-state index is 0.293. The van der Waals surface area contributed by atoms with Crippen LogP contribution in [0.4, 0.5) is 8.78 Å². The number of fused-ring (bicyclic) bond motifs is 2. The molecule has 0 bridgehead atoms. The van der Waals surface area contributed by atoms with Crippen LogP contribution in [-0.4, -0.2) is 52.6 Å². The number of aryl methyl sites for hydroxylation is 2. The van der Waals surface area contributed by atoms with Gasteiger partial charge in [0.25, 0.3) is 0 Å². The smallest absolute Gasteiger partial charge is 0.126 e. The van der Waals surface area contributed by atoms with E-state index in [1.54, 1.807) is 12.1 Å². The van der Waals surface area contributed by atoms with Crippen molar-refractivity contribution in [2.75, 3.05) is 13.1 Å². The van der Waals surface area contributed by atoms with Crippen LogP contribution in [-0.2, 0) is 19.4 Å². The predicted molar refractivity (Wildman–Crippen MR) is 132 cm³/mol. The Morgan fingerprint density at radius 2 is 1.25 bits per heavy atom. The van der Waals surface area contributed by atoms with Crippen molar-refractivity contribution in [1.82, 2.24) is 4.90 Å². The molecule has 4 atom stereocenters. The summed E-state index contributed by atoms with van der Waals surface area (Å²) >= 11 is 0. The summed E-state index contributed by atoms with van der Waals surface area (Å²) in [4.78, 5) is 2.01. The molecule has 0 amide bonds. The lowest BCUT2D eigenvalue weighted by Crippen LogP contribution is -2.48. The highest BCUT2D eigenvalue weighted by Crippen LogP contribution is 2.31. The number of hydrogen-bond acceptors (Lipinski definition) is 5. The molecule has 0 spiro atoms. The van der Waals surface area contributed by atoms with Crippen molar-refractivity contribution in [1.29, 1.82) is 0 Å². The predicted octanol–water partition coefficient (Wildman–Crippen LogP) is 4.28. The Balaban J connectivity index is 1.26. The van der Waals surface area contributed by atoms with Crippen molar-refractivity contribution >= 4 is 0 Å². The van der Waals surface area contributed by atoms with E-state index in [2.05, 4.69) is 0 Å². The molecule has 3 aromatic carbocycles. The number of ether oxygens (including phenoxy) is 2. The van der Waals surface area contributed by atoms with Crippen molar-refractivity contribution in [3.63, 3.8) is 0 Å². The fourth-order valence-corrected chi connectivity index (χ4v) is 5.11. The number of hydrogen-bond donors (Lipinski definition) is 2. The van der Waals surface area contributed by atoms with Crippen LogP contribution in [0, 0.1) is 11.6 Å². The molecule has 0 fully saturated rings. The minimum Gasteiger partial charge on any atom is -0.487 e. The molecule has 7 heteroatoms. The zero-order chi connectivity index (χ0) is 25.1. The molecule has 0 aliphatic carbocycles. The molecule has 1 unspecified atom stereocenters. The monoisotopic (exact) mass is 495 g/mol. The molecule has 36 heavy (non-hydrogen) atoms. The topological polar surface area (TPSA) is 62.2 Å². The van der Waals surface area contributed by atoms with Crippen LogP contribution in [0.15, 0.2) is 66.7 Å². The van der Waals surface area contributed by atoms with Crippen molar-refractivity contribution in [2.24, 2.45) is 0 Å². The van der Waals surface area contributed by atoms with E-state index in [9.17, 15) is 19.0 Å². The van der Waals surface area contributed by atoms with Gasteiger partial charge in [0.1, 0.15) is 47.5 Å². The quantitative estimate of drug-likeness (QED) is 0.489. The lowest BCUT2D eigenvalue weighted by molar-refractivity contribution is -0.0295. The number of benzene rings is 3. The average Bonchev–Trinajstić information content (AvgIpc) is 2.88. The van der Waals surface area contributed by atoms with Crippen LogP contribution in [0.3, 0.4) is 0 Å². The van der Waals surface area contributed by atoms with Gasteiger partial charge < -0.3 is 19.7 Å². The third kappa shape index (κ3) is 5.86. The minimum atomic E-state index is -0.796. The van der Waals surface area contributed by atoms with E-state index in [1.165, 1.54) is 24.3 Å². The van der Waals surface area contributed by atoms with E-state index in [4.69, 9.17) is 9.47 Å². The van der Waals surface area contributed by atoms with Crippen LogP contribution in [0.25, 0.3) is 0 Å². The normalized spacial score (nSPS) is 20.6. The Morgan fingerprint density at radius 1 is 0.750 bits per heavy atom. The molecule has 3 aromatic rings. The number of aliphatic hydroxyl groups is 2. The maximum atomic E-state index is 13.5. The van der Waals surface area contributed by atoms with Gasteiger partial charge in [-0.2, -0.15) is 0 Å². The summed E-state index contributed by atoms with van der Waals surface area (Å²) in [5, 5.41) is 22.2. The summed E-state index contributed by atoms with van der Waals surface area (Å²) < 4.78 is 39.1. The molecule has 0 aromatic heterocycles. The van der Waals surface area contributed by atoms with Gasteiger partial charge in [0, 0.05) is 19.6 Å². The number of nitrogens with zero attached hydrogens (tertiary/aromatic N) is 1. The Kier molecular flexibility index (Phi) is 7.51. The van der Waals surface area contributed by atoms with Crippen molar-refractivity contribution in [2.45, 2.75) is 56.6 Å². The molecule has 2 aliphatic rings. The Labute approximate surface area is 209 Å². The maximum absolute atomic E-state index is 13.5. The highest BCUT2D eigenvalue weighted by molar-refractivity contribution is 5.37. The molecule has 2 heterocycles. The second-order valence-electron chi connectivity index (χ2n) is 9.71. The van der Waals surface area contributed by atoms with E-state index >= 15 is 0 Å². The van der Waals surface area contributed by atoms with E-state index in [1.807, 2.05) is 35.2 Å². The molecule has 5 rings (SSSR count). The van der Waals surface area contributed by atoms with Crippen LogP contribution in [0.5, 0.6) is 11.5 Å². The van der Waals surface area contributed by atoms with Gasteiger partial charge in [-0.1, -0.05) is 30.3 Å². The van der Waals surface area contributed by atoms with Crippen molar-refractivity contribution in [3.05, 3.63) is 95.1 Å². The number of rotatable bonds is 8. The first-order chi connectivity index (χ1) is 17.4. The molecule has 0 saturated heterocycles. The molecule has 0 radical (unpaired) electrons. The molecule has 190 valence electrons. The Bertz CT molecular complexity index is 1100. The highest BCUT2D eigenvalue weighted by atomic mass is 19.1. The third-order valence-electron chi connectivity index (χ3n) is 7.00. The molecule has 2 aliphatic heterocycles. The standard InChI is InChI=1S/C29H31F2NO4/c30-22-8-12-26-20(14-22)6-10-28(35-26)24(33)17-32(16-19-4-2-1-3-5-19)18-25(34)29-11-7-21-15-23(31)9-13-27(21)36-29/h1-5,8-9,12-15,24-25,28-29,33-34H,6-7,10-11,16-18H2/t24-,25-,28-,29?/m1/s1. The van der Waals surface area contributed by atoms with Gasteiger partial charge in [0.2, 0.25) is 0 Å². The second kappa shape index (κ2) is 10.9. The van der Waals surface area contributed by atoms with Gasteiger partial charge in [-0.05, 0) is 78.8 Å². The summed E-state index contributed by atoms with van der Waals surface area (Å²) in [6, 6.07) is 18.8. The summed E-state index contributed by atoms with van der Waals surface area (Å²) in [5.41, 5.74) is 2.68. The first kappa shape index (κ1) is 24.7. The summed E-state index contributed by atoms with van der Waals surface area (Å²) in [7, 11) is 0. The van der Waals surface area contributed by atoms with E-state index < -0.39 is 24.4 Å². The molecular formula is C29H31F2NO4. The molecule has 5 nitrogen and oxygen atoms in total. The second-order valence-corrected chi connectivity index (χ2v) is 9.71. The Morgan fingerprint density at radius 3 is 1.75 bits per heavy atom. The summed E-state index contributed by atoms with van der Waals surface area (Å²) in [6.45, 7) is 1.13. The summed E-state index contributed by atoms with van der Waals surface area (Å²) in [5.74, 6) is 0.619. The van der Waals surface area contributed by atoms with Crippen LogP contribution in [0.1, 0.15) is 29.5 Å². The van der Waals surface area contributed by atoms with E-state index in [-0.39, 0.29) is 11.6 Å². The molecule has 0 saturated carbocycles. The van der Waals surface area contributed by atoms with Gasteiger partial charge in [-0.3, -0.25) is 4.90 Å². The molecule has 2 N–H and O–H groups in total. The first-order valence-electron chi connectivity index (χ1n) is 12.5. The van der Waals surface area contributed by atoms with Gasteiger partial charge >= 0.3 is 0 Å². The fourth-order valence-electron chi connectivity index (χ4n) is 5.11. The van der Waals surface area contributed by atoms with Crippen molar-refractivity contribution in [3.8, 4) is 11.5 Å². The Hall–Kier alpha value is -3.00. The van der Waals surface area contributed by atoms with Crippen LogP contribution < -0.4 is 9.47 Å².